The number of para-hydroxylation sites is 1. The van der Waals surface area contributed by atoms with Crippen LogP contribution in [-0.4, -0.2) is 31.7 Å². The summed E-state index contributed by atoms with van der Waals surface area (Å²) in [6.07, 6.45) is 1.07. The monoisotopic (exact) mass is 294 g/mol. The predicted molar refractivity (Wildman–Crippen MR) is 75.3 cm³/mol. The fourth-order valence-electron chi connectivity index (χ4n) is 2.59. The Morgan fingerprint density at radius 1 is 1.35 bits per heavy atom. The molecule has 0 atom stereocenters. The lowest BCUT2D eigenvalue weighted by Crippen LogP contribution is -2.45. The van der Waals surface area contributed by atoms with Crippen molar-refractivity contribution in [2.45, 2.75) is 18.4 Å². The molecule has 0 aliphatic carbocycles. The van der Waals surface area contributed by atoms with Crippen LogP contribution < -0.4 is 0 Å². The molecular formula is C15H15ClO4. The molecule has 0 saturated carbocycles. The van der Waals surface area contributed by atoms with Crippen LogP contribution in [0, 0.1) is 0 Å². The molecule has 2 heterocycles. The summed E-state index contributed by atoms with van der Waals surface area (Å²) in [5, 5.41) is 1.32. The molecule has 0 amide bonds. The molecule has 0 spiro atoms. The number of ketones is 1. The number of hydrogen-bond acceptors (Lipinski definition) is 4. The number of rotatable bonds is 3. The maximum absolute atomic E-state index is 12.7. The first kappa shape index (κ1) is 13.6. The SMILES string of the molecule is COC1(C(=O)c2cc3cccc(Cl)c3o2)CCOCC1. The van der Waals surface area contributed by atoms with Crippen molar-refractivity contribution >= 4 is 28.4 Å². The number of carbonyl (C=O) groups is 1. The van der Waals surface area contributed by atoms with Gasteiger partial charge in [-0.05, 0) is 12.1 Å². The van der Waals surface area contributed by atoms with E-state index in [1.54, 1.807) is 19.2 Å². The molecule has 1 saturated heterocycles. The number of Topliss-reactive ketones (excluding diaryl/α,β-unsaturated/α-hetero) is 1. The highest BCUT2D eigenvalue weighted by molar-refractivity contribution is 6.34. The van der Waals surface area contributed by atoms with Gasteiger partial charge in [-0.3, -0.25) is 4.79 Å². The standard InChI is InChI=1S/C15H15ClO4/c1-18-15(5-7-19-8-6-15)14(17)12-9-10-3-2-4-11(16)13(10)20-12/h2-4,9H,5-8H2,1H3. The molecule has 4 nitrogen and oxygen atoms in total. The fourth-order valence-corrected chi connectivity index (χ4v) is 2.81. The normalized spacial score (nSPS) is 18.3. The van der Waals surface area contributed by atoms with Gasteiger partial charge < -0.3 is 13.9 Å². The Hall–Kier alpha value is -1.36. The second-order valence-corrected chi connectivity index (χ2v) is 5.32. The van der Waals surface area contributed by atoms with Crippen LogP contribution in [0.3, 0.4) is 0 Å². The fraction of sp³-hybridized carbons (Fsp3) is 0.400. The predicted octanol–water partition coefficient (Wildman–Crippen LogP) is 3.46. The summed E-state index contributed by atoms with van der Waals surface area (Å²) in [5.74, 6) is 0.146. The smallest absolute Gasteiger partial charge is 0.229 e. The molecule has 0 radical (unpaired) electrons. The lowest BCUT2D eigenvalue weighted by Gasteiger charge is -2.33. The number of ether oxygens (including phenoxy) is 2. The van der Waals surface area contributed by atoms with Crippen molar-refractivity contribution in [2.24, 2.45) is 0 Å². The van der Waals surface area contributed by atoms with Crippen molar-refractivity contribution in [3.63, 3.8) is 0 Å². The molecule has 3 rings (SSSR count). The highest BCUT2D eigenvalue weighted by Crippen LogP contribution is 2.33. The van der Waals surface area contributed by atoms with Gasteiger partial charge in [0.25, 0.3) is 0 Å². The van der Waals surface area contributed by atoms with Crippen LogP contribution in [0.4, 0.5) is 0 Å². The molecule has 20 heavy (non-hydrogen) atoms. The number of halogens is 1. The lowest BCUT2D eigenvalue weighted by molar-refractivity contribution is -0.0673. The van der Waals surface area contributed by atoms with E-state index in [-0.39, 0.29) is 11.5 Å². The van der Waals surface area contributed by atoms with Crippen molar-refractivity contribution in [2.75, 3.05) is 20.3 Å². The Bertz CT molecular complexity index is 640. The summed E-state index contributed by atoms with van der Waals surface area (Å²) < 4.78 is 16.4. The van der Waals surface area contributed by atoms with E-state index >= 15 is 0 Å². The Morgan fingerprint density at radius 3 is 2.75 bits per heavy atom. The highest BCUT2D eigenvalue weighted by Gasteiger charge is 2.42. The first-order valence-corrected chi connectivity index (χ1v) is 6.90. The van der Waals surface area contributed by atoms with E-state index < -0.39 is 5.60 Å². The largest absolute Gasteiger partial charge is 0.451 e. The highest BCUT2D eigenvalue weighted by atomic mass is 35.5. The van der Waals surface area contributed by atoms with Gasteiger partial charge in [0.05, 0.1) is 5.02 Å². The second-order valence-electron chi connectivity index (χ2n) is 4.91. The average molecular weight is 295 g/mol. The van der Waals surface area contributed by atoms with Crippen LogP contribution in [0.25, 0.3) is 11.0 Å². The van der Waals surface area contributed by atoms with Crippen molar-refractivity contribution in [3.05, 3.63) is 35.0 Å². The molecule has 1 aliphatic heterocycles. The van der Waals surface area contributed by atoms with Gasteiger partial charge in [-0.25, -0.2) is 0 Å². The van der Waals surface area contributed by atoms with Crippen LogP contribution in [0.1, 0.15) is 23.4 Å². The van der Waals surface area contributed by atoms with E-state index in [0.717, 1.165) is 5.39 Å². The minimum atomic E-state index is -0.849. The lowest BCUT2D eigenvalue weighted by atomic mass is 9.88. The van der Waals surface area contributed by atoms with Crippen molar-refractivity contribution < 1.29 is 18.7 Å². The van der Waals surface area contributed by atoms with Crippen LogP contribution in [0.5, 0.6) is 0 Å². The molecule has 0 unspecified atom stereocenters. The Labute approximate surface area is 121 Å². The van der Waals surface area contributed by atoms with Gasteiger partial charge in [-0.1, -0.05) is 23.7 Å². The molecule has 0 N–H and O–H groups in total. The molecule has 106 valence electrons. The van der Waals surface area contributed by atoms with E-state index in [1.807, 2.05) is 12.1 Å². The average Bonchev–Trinajstić information content (AvgIpc) is 2.92. The Kier molecular flexibility index (Phi) is 3.54. The number of carbonyl (C=O) groups excluding carboxylic acids is 1. The number of hydrogen-bond donors (Lipinski definition) is 0. The first-order chi connectivity index (χ1) is 9.66. The molecule has 2 aromatic rings. The van der Waals surface area contributed by atoms with Crippen molar-refractivity contribution in [1.29, 1.82) is 0 Å². The molecule has 1 aliphatic rings. The molecule has 1 aromatic carbocycles. The zero-order chi connectivity index (χ0) is 14.2. The molecule has 5 heteroatoms. The first-order valence-electron chi connectivity index (χ1n) is 6.52. The van der Waals surface area contributed by atoms with Gasteiger partial charge in [0, 0.05) is 38.6 Å². The third-order valence-corrected chi connectivity index (χ3v) is 4.12. The van der Waals surface area contributed by atoms with E-state index in [2.05, 4.69) is 0 Å². The van der Waals surface area contributed by atoms with Crippen molar-refractivity contribution in [1.82, 2.24) is 0 Å². The van der Waals surface area contributed by atoms with Gasteiger partial charge in [0.1, 0.15) is 5.60 Å². The Balaban J connectivity index is 2.01. The topological polar surface area (TPSA) is 48.7 Å². The summed E-state index contributed by atoms with van der Waals surface area (Å²) in [6.45, 7) is 1.03. The maximum atomic E-state index is 12.7. The van der Waals surface area contributed by atoms with E-state index in [4.69, 9.17) is 25.5 Å². The van der Waals surface area contributed by atoms with E-state index in [0.29, 0.717) is 36.7 Å². The summed E-state index contributed by atoms with van der Waals surface area (Å²) in [4.78, 5) is 12.7. The Morgan fingerprint density at radius 2 is 2.10 bits per heavy atom. The number of furan rings is 1. The summed E-state index contributed by atoms with van der Waals surface area (Å²) >= 11 is 6.07. The van der Waals surface area contributed by atoms with Gasteiger partial charge >= 0.3 is 0 Å². The van der Waals surface area contributed by atoms with Crippen molar-refractivity contribution in [3.8, 4) is 0 Å². The second kappa shape index (κ2) is 5.20. The van der Waals surface area contributed by atoms with Gasteiger partial charge in [-0.2, -0.15) is 0 Å². The summed E-state index contributed by atoms with van der Waals surface area (Å²) in [6, 6.07) is 7.15. The van der Waals surface area contributed by atoms with Gasteiger partial charge in [-0.15, -0.1) is 0 Å². The van der Waals surface area contributed by atoms with Crippen LogP contribution in [0.2, 0.25) is 5.02 Å². The quantitative estimate of drug-likeness (QED) is 0.813. The zero-order valence-electron chi connectivity index (χ0n) is 11.1. The molecular weight excluding hydrogens is 280 g/mol. The van der Waals surface area contributed by atoms with Crippen LogP contribution >= 0.6 is 11.6 Å². The third kappa shape index (κ3) is 2.14. The maximum Gasteiger partial charge on any atom is 0.229 e. The summed E-state index contributed by atoms with van der Waals surface area (Å²) in [7, 11) is 1.55. The number of fused-ring (bicyclic) bond motifs is 1. The minimum absolute atomic E-state index is 0.143. The molecule has 1 fully saturated rings. The van der Waals surface area contributed by atoms with Crippen LogP contribution in [-0.2, 0) is 9.47 Å². The van der Waals surface area contributed by atoms with Gasteiger partial charge in [0.15, 0.2) is 11.3 Å². The molecule has 1 aromatic heterocycles. The van der Waals surface area contributed by atoms with Gasteiger partial charge in [0.2, 0.25) is 5.78 Å². The van der Waals surface area contributed by atoms with Crippen LogP contribution in [0.15, 0.2) is 28.7 Å². The third-order valence-electron chi connectivity index (χ3n) is 3.82. The minimum Gasteiger partial charge on any atom is -0.451 e. The van der Waals surface area contributed by atoms with E-state index in [1.165, 1.54) is 0 Å². The zero-order valence-corrected chi connectivity index (χ0v) is 11.9. The number of methoxy groups -OCH3 is 1. The molecule has 0 bridgehead atoms. The summed E-state index contributed by atoms with van der Waals surface area (Å²) in [5.41, 5.74) is -0.311. The number of benzene rings is 1. The van der Waals surface area contributed by atoms with E-state index in [9.17, 15) is 4.79 Å².